The van der Waals surface area contributed by atoms with Crippen molar-refractivity contribution in [2.75, 3.05) is 29.7 Å². The third kappa shape index (κ3) is 3.57. The summed E-state index contributed by atoms with van der Waals surface area (Å²) in [5.41, 5.74) is -0.633. The Kier molecular flexibility index (Phi) is 5.23. The fraction of sp³-hybridized carbons (Fsp3) is 0.250. The normalized spacial score (nSPS) is 13.8. The number of esters is 1. The maximum absolute atomic E-state index is 14.6. The summed E-state index contributed by atoms with van der Waals surface area (Å²) in [5.74, 6) is -0.0217. The number of nitrogens with zero attached hydrogens (tertiary/aromatic N) is 3. The molecule has 0 aliphatic carbocycles. The summed E-state index contributed by atoms with van der Waals surface area (Å²) in [7, 11) is 0. The van der Waals surface area contributed by atoms with Crippen molar-refractivity contribution in [1.82, 2.24) is 9.55 Å². The number of pyridine rings is 2. The molecule has 1 aliphatic rings. The molecule has 4 rings (SSSR count). The van der Waals surface area contributed by atoms with Crippen molar-refractivity contribution >= 4 is 34.6 Å². The second-order valence-electron chi connectivity index (χ2n) is 6.40. The Morgan fingerprint density at radius 1 is 1.28 bits per heavy atom. The summed E-state index contributed by atoms with van der Waals surface area (Å²) in [6, 6.07) is 6.36. The molecular formula is C20H17F2N3O3S. The molecule has 9 heteroatoms. The van der Waals surface area contributed by atoms with E-state index in [0.29, 0.717) is 5.82 Å². The van der Waals surface area contributed by atoms with Crippen LogP contribution in [0.25, 0.3) is 16.7 Å². The molecule has 1 saturated heterocycles. The molecule has 0 spiro atoms. The quantitative estimate of drug-likeness (QED) is 0.607. The minimum atomic E-state index is -0.839. The van der Waals surface area contributed by atoms with Gasteiger partial charge in [-0.2, -0.15) is 0 Å². The number of halogens is 2. The van der Waals surface area contributed by atoms with Crippen molar-refractivity contribution in [2.45, 2.75) is 6.92 Å². The van der Waals surface area contributed by atoms with Gasteiger partial charge in [0.2, 0.25) is 5.43 Å². The van der Waals surface area contributed by atoms with Gasteiger partial charge >= 0.3 is 5.97 Å². The summed E-state index contributed by atoms with van der Waals surface area (Å²) < 4.78 is 34.2. The third-order valence-corrected chi connectivity index (χ3v) is 5.54. The fourth-order valence-electron chi connectivity index (χ4n) is 3.18. The molecule has 1 aliphatic heterocycles. The predicted molar refractivity (Wildman–Crippen MR) is 108 cm³/mol. The van der Waals surface area contributed by atoms with E-state index >= 15 is 0 Å². The second-order valence-corrected chi connectivity index (χ2v) is 7.47. The van der Waals surface area contributed by atoms with Crippen LogP contribution in [0, 0.1) is 11.6 Å². The number of rotatable bonds is 4. The predicted octanol–water partition coefficient (Wildman–Crippen LogP) is 3.35. The van der Waals surface area contributed by atoms with Crippen LogP contribution >= 0.6 is 11.8 Å². The highest BCUT2D eigenvalue weighted by Gasteiger charge is 2.21. The molecule has 0 saturated carbocycles. The molecule has 0 radical (unpaired) electrons. The number of fused-ring (bicyclic) bond motifs is 1. The number of ether oxygens (including phenoxy) is 1. The Labute approximate surface area is 169 Å². The molecule has 0 unspecified atom stereocenters. The molecule has 3 heterocycles. The first-order valence-corrected chi connectivity index (χ1v) is 10.2. The molecule has 0 amide bonds. The molecule has 29 heavy (non-hydrogen) atoms. The Bertz CT molecular complexity index is 1160. The molecule has 0 atom stereocenters. The number of carbonyl (C=O) groups is 1. The van der Waals surface area contributed by atoms with E-state index in [9.17, 15) is 18.4 Å². The lowest BCUT2D eigenvalue weighted by Gasteiger charge is -2.18. The van der Waals surface area contributed by atoms with Gasteiger partial charge < -0.3 is 9.64 Å². The maximum atomic E-state index is 14.6. The topological polar surface area (TPSA) is 64.4 Å². The highest BCUT2D eigenvalue weighted by molar-refractivity contribution is 7.99. The van der Waals surface area contributed by atoms with Crippen molar-refractivity contribution in [1.29, 1.82) is 0 Å². The monoisotopic (exact) mass is 417 g/mol. The number of carbonyl (C=O) groups excluding carboxylic acids is 1. The minimum absolute atomic E-state index is 0.0256. The van der Waals surface area contributed by atoms with Gasteiger partial charge in [-0.3, -0.25) is 9.36 Å². The van der Waals surface area contributed by atoms with Crippen molar-refractivity contribution in [3.8, 4) is 5.69 Å². The summed E-state index contributed by atoms with van der Waals surface area (Å²) in [6.07, 6.45) is 1.20. The summed E-state index contributed by atoms with van der Waals surface area (Å²) in [6.45, 7) is 2.52. The van der Waals surface area contributed by atoms with Crippen LogP contribution in [-0.2, 0) is 4.74 Å². The zero-order chi connectivity index (χ0) is 20.5. The van der Waals surface area contributed by atoms with Crippen LogP contribution in [0.3, 0.4) is 0 Å². The number of aromatic nitrogens is 2. The molecule has 0 N–H and O–H groups in total. The van der Waals surface area contributed by atoms with Crippen LogP contribution in [0.1, 0.15) is 17.3 Å². The smallest absolute Gasteiger partial charge is 0.343 e. The van der Waals surface area contributed by atoms with E-state index in [-0.39, 0.29) is 28.9 Å². The van der Waals surface area contributed by atoms with Gasteiger partial charge in [-0.1, -0.05) is 0 Å². The average molecular weight is 417 g/mol. The second kappa shape index (κ2) is 7.82. The van der Waals surface area contributed by atoms with E-state index in [1.165, 1.54) is 16.8 Å². The van der Waals surface area contributed by atoms with Crippen molar-refractivity contribution in [3.05, 3.63) is 63.9 Å². The van der Waals surface area contributed by atoms with E-state index in [2.05, 4.69) is 4.98 Å². The molecule has 0 bridgehead atoms. The lowest BCUT2D eigenvalue weighted by Crippen LogP contribution is -2.23. The lowest BCUT2D eigenvalue weighted by atomic mass is 10.1. The maximum Gasteiger partial charge on any atom is 0.343 e. The third-order valence-electron chi connectivity index (χ3n) is 4.58. The lowest BCUT2D eigenvalue weighted by molar-refractivity contribution is 0.0524. The standard InChI is InChI=1S/C20H17F2N3O3S/c1-2-28-20(27)14-10-25(16-5-3-12(21)9-15(16)22)19-13(18(14)26)4-6-17(23-19)24-7-8-29-11-24/h3-6,9-10H,2,7-8,11H2,1H3. The summed E-state index contributed by atoms with van der Waals surface area (Å²) in [4.78, 5) is 31.8. The molecule has 2 aromatic heterocycles. The highest BCUT2D eigenvalue weighted by atomic mass is 32.2. The summed E-state index contributed by atoms with van der Waals surface area (Å²) >= 11 is 1.76. The number of benzene rings is 1. The van der Waals surface area contributed by atoms with Crippen LogP contribution in [0.5, 0.6) is 0 Å². The van der Waals surface area contributed by atoms with E-state index in [4.69, 9.17) is 4.74 Å². The highest BCUT2D eigenvalue weighted by Crippen LogP contribution is 2.25. The molecule has 150 valence electrons. The van der Waals surface area contributed by atoms with Gasteiger partial charge in [-0.25, -0.2) is 18.6 Å². The first kappa shape index (κ1) is 19.4. The first-order chi connectivity index (χ1) is 14.0. The van der Waals surface area contributed by atoms with Gasteiger partial charge in [0, 0.05) is 24.6 Å². The SMILES string of the molecule is CCOC(=O)c1cn(-c2ccc(F)cc2F)c2nc(N3CCSC3)ccc2c1=O. The van der Waals surface area contributed by atoms with Crippen LogP contribution in [-0.4, -0.2) is 40.3 Å². The zero-order valence-corrected chi connectivity index (χ0v) is 16.3. The number of hydrogen-bond donors (Lipinski definition) is 0. The largest absolute Gasteiger partial charge is 0.462 e. The fourth-order valence-corrected chi connectivity index (χ4v) is 4.14. The molecular weight excluding hydrogens is 400 g/mol. The van der Waals surface area contributed by atoms with Gasteiger partial charge in [0.15, 0.2) is 5.65 Å². The van der Waals surface area contributed by atoms with Crippen molar-refractivity contribution in [2.24, 2.45) is 0 Å². The molecule has 1 fully saturated rings. The van der Waals surface area contributed by atoms with Gasteiger partial charge in [-0.05, 0) is 31.2 Å². The van der Waals surface area contributed by atoms with Crippen LogP contribution in [0.4, 0.5) is 14.6 Å². The number of thioether (sulfide) groups is 1. The van der Waals surface area contributed by atoms with Gasteiger partial charge in [0.05, 0.1) is 23.6 Å². The van der Waals surface area contributed by atoms with E-state index < -0.39 is 23.0 Å². The van der Waals surface area contributed by atoms with Crippen molar-refractivity contribution < 1.29 is 18.3 Å². The van der Waals surface area contributed by atoms with Gasteiger partial charge in [0.1, 0.15) is 23.0 Å². The Morgan fingerprint density at radius 3 is 2.79 bits per heavy atom. The summed E-state index contributed by atoms with van der Waals surface area (Å²) in [5, 5.41) is 0.148. The van der Waals surface area contributed by atoms with Crippen molar-refractivity contribution in [3.63, 3.8) is 0 Å². The zero-order valence-electron chi connectivity index (χ0n) is 15.5. The number of hydrogen-bond acceptors (Lipinski definition) is 6. The Balaban J connectivity index is 2.00. The Hall–Kier alpha value is -2.94. The average Bonchev–Trinajstić information content (AvgIpc) is 3.24. The Morgan fingerprint density at radius 2 is 2.10 bits per heavy atom. The van der Waals surface area contributed by atoms with Gasteiger partial charge in [0.25, 0.3) is 0 Å². The van der Waals surface area contributed by atoms with Gasteiger partial charge in [-0.15, -0.1) is 11.8 Å². The number of anilines is 1. The van der Waals surface area contributed by atoms with Crippen LogP contribution in [0.15, 0.2) is 41.3 Å². The molecule has 3 aromatic rings. The first-order valence-electron chi connectivity index (χ1n) is 9.01. The molecule has 1 aromatic carbocycles. The van der Waals surface area contributed by atoms with E-state index in [1.54, 1.807) is 30.8 Å². The molecule has 6 nitrogen and oxygen atoms in total. The minimum Gasteiger partial charge on any atom is -0.462 e. The van der Waals surface area contributed by atoms with E-state index in [1.807, 2.05) is 4.90 Å². The van der Waals surface area contributed by atoms with Crippen LogP contribution < -0.4 is 10.3 Å². The van der Waals surface area contributed by atoms with E-state index in [0.717, 1.165) is 30.3 Å². The van der Waals surface area contributed by atoms with Crippen LogP contribution in [0.2, 0.25) is 0 Å².